The zero-order valence-electron chi connectivity index (χ0n) is 12.9. The molecule has 0 N–H and O–H groups in total. The lowest BCUT2D eigenvalue weighted by atomic mass is 10.1. The number of ether oxygens (including phenoxy) is 1. The van der Waals surface area contributed by atoms with Gasteiger partial charge in [0.1, 0.15) is 5.75 Å². The number of esters is 1. The van der Waals surface area contributed by atoms with Crippen molar-refractivity contribution in [1.82, 2.24) is 4.98 Å². The number of benzene rings is 1. The first kappa shape index (κ1) is 15.6. The normalized spacial score (nSPS) is 15.9. The lowest BCUT2D eigenvalue weighted by molar-refractivity contribution is -0.132. The minimum Gasteiger partial charge on any atom is -0.427 e. The molecule has 2 heterocycles. The summed E-state index contributed by atoms with van der Waals surface area (Å²) in [4.78, 5) is 40.8. The molecule has 0 aliphatic carbocycles. The van der Waals surface area contributed by atoms with Crippen LogP contribution in [0.1, 0.15) is 18.9 Å². The van der Waals surface area contributed by atoms with Crippen molar-refractivity contribution in [3.63, 3.8) is 0 Å². The Morgan fingerprint density at radius 3 is 2.58 bits per heavy atom. The average molecular weight is 322 g/mol. The molecule has 1 aromatic carbocycles. The summed E-state index contributed by atoms with van der Waals surface area (Å²) in [6.45, 7) is 1.30. The zero-order chi connectivity index (χ0) is 17.1. The molecule has 1 fully saturated rings. The van der Waals surface area contributed by atoms with Crippen molar-refractivity contribution in [2.45, 2.75) is 13.3 Å². The second kappa shape index (κ2) is 6.45. The number of hydrogen-bond acceptors (Lipinski definition) is 5. The molecule has 3 rings (SSSR count). The van der Waals surface area contributed by atoms with Gasteiger partial charge in [-0.1, -0.05) is 6.07 Å². The standard InChI is InChI=1S/C18H14N2O4/c1-12(21)24-16-6-4-15(5-7-16)20-17(22)10-14(18(20)23)9-13-3-2-8-19-11-13/h2-9,11H,10H2,1H3. The maximum absolute atomic E-state index is 12.5. The Morgan fingerprint density at radius 2 is 1.96 bits per heavy atom. The van der Waals surface area contributed by atoms with Gasteiger partial charge in [0.25, 0.3) is 5.91 Å². The fourth-order valence-electron chi connectivity index (χ4n) is 2.44. The van der Waals surface area contributed by atoms with E-state index in [9.17, 15) is 14.4 Å². The minimum absolute atomic E-state index is 0.0411. The van der Waals surface area contributed by atoms with E-state index >= 15 is 0 Å². The Bertz CT molecular complexity index is 826. The van der Waals surface area contributed by atoms with Crippen LogP contribution in [0.25, 0.3) is 6.08 Å². The second-order valence-corrected chi connectivity index (χ2v) is 5.25. The molecule has 6 heteroatoms. The average Bonchev–Trinajstić information content (AvgIpc) is 2.83. The number of pyridine rings is 1. The molecular formula is C18H14N2O4. The number of aromatic nitrogens is 1. The van der Waals surface area contributed by atoms with Crippen LogP contribution in [0.2, 0.25) is 0 Å². The van der Waals surface area contributed by atoms with E-state index < -0.39 is 5.97 Å². The lowest BCUT2D eigenvalue weighted by Gasteiger charge is -2.13. The fourth-order valence-corrected chi connectivity index (χ4v) is 2.44. The number of rotatable bonds is 3. The number of nitrogens with zero attached hydrogens (tertiary/aromatic N) is 2. The third-order valence-corrected chi connectivity index (χ3v) is 3.45. The molecule has 0 atom stereocenters. The van der Waals surface area contributed by atoms with Crippen molar-refractivity contribution in [1.29, 1.82) is 0 Å². The summed E-state index contributed by atoms with van der Waals surface area (Å²) in [5.74, 6) is -0.728. The van der Waals surface area contributed by atoms with Gasteiger partial charge >= 0.3 is 5.97 Å². The van der Waals surface area contributed by atoms with E-state index in [1.165, 1.54) is 6.92 Å². The topological polar surface area (TPSA) is 76.6 Å². The molecule has 1 aliphatic rings. The van der Waals surface area contributed by atoms with E-state index in [0.717, 1.165) is 10.5 Å². The summed E-state index contributed by atoms with van der Waals surface area (Å²) in [6, 6.07) is 9.80. The van der Waals surface area contributed by atoms with Crippen LogP contribution >= 0.6 is 0 Å². The van der Waals surface area contributed by atoms with Crippen molar-refractivity contribution < 1.29 is 19.1 Å². The van der Waals surface area contributed by atoms with Crippen LogP contribution < -0.4 is 9.64 Å². The number of imide groups is 1. The highest BCUT2D eigenvalue weighted by Crippen LogP contribution is 2.28. The molecule has 1 aromatic heterocycles. The van der Waals surface area contributed by atoms with Crippen LogP contribution in [0.3, 0.4) is 0 Å². The predicted molar refractivity (Wildman–Crippen MR) is 87.1 cm³/mol. The molecule has 0 radical (unpaired) electrons. The molecule has 0 spiro atoms. The molecule has 2 amide bonds. The fraction of sp³-hybridized carbons (Fsp3) is 0.111. The Hall–Kier alpha value is -3.28. The van der Waals surface area contributed by atoms with Gasteiger partial charge in [-0.15, -0.1) is 0 Å². The monoisotopic (exact) mass is 322 g/mol. The SMILES string of the molecule is CC(=O)Oc1ccc(N2C(=O)CC(=Cc3cccnc3)C2=O)cc1. The van der Waals surface area contributed by atoms with Crippen LogP contribution in [-0.2, 0) is 14.4 Å². The molecule has 0 saturated carbocycles. The highest BCUT2D eigenvalue weighted by atomic mass is 16.5. The van der Waals surface area contributed by atoms with Gasteiger partial charge in [-0.2, -0.15) is 0 Å². The van der Waals surface area contributed by atoms with Gasteiger partial charge in [0, 0.05) is 24.9 Å². The van der Waals surface area contributed by atoms with Gasteiger partial charge in [0.15, 0.2) is 0 Å². The van der Waals surface area contributed by atoms with Crippen LogP contribution in [0.5, 0.6) is 5.75 Å². The molecular weight excluding hydrogens is 308 g/mol. The first-order valence-corrected chi connectivity index (χ1v) is 7.31. The van der Waals surface area contributed by atoms with Crippen LogP contribution in [0, 0.1) is 0 Å². The summed E-state index contributed by atoms with van der Waals surface area (Å²) >= 11 is 0. The van der Waals surface area contributed by atoms with Crippen LogP contribution in [0.15, 0.2) is 54.4 Å². The number of carbonyl (C=O) groups is 3. The van der Waals surface area contributed by atoms with E-state index in [-0.39, 0.29) is 18.2 Å². The highest BCUT2D eigenvalue weighted by Gasteiger charge is 2.34. The van der Waals surface area contributed by atoms with Gasteiger partial charge < -0.3 is 4.74 Å². The molecule has 1 saturated heterocycles. The van der Waals surface area contributed by atoms with E-state index in [0.29, 0.717) is 17.0 Å². The maximum Gasteiger partial charge on any atom is 0.308 e. The second-order valence-electron chi connectivity index (χ2n) is 5.25. The molecule has 2 aromatic rings. The maximum atomic E-state index is 12.5. The smallest absolute Gasteiger partial charge is 0.308 e. The van der Waals surface area contributed by atoms with E-state index in [1.54, 1.807) is 48.8 Å². The summed E-state index contributed by atoms with van der Waals surface area (Å²) in [6.07, 6.45) is 4.97. The third-order valence-electron chi connectivity index (χ3n) is 3.45. The summed E-state index contributed by atoms with van der Waals surface area (Å²) in [5, 5.41) is 0. The van der Waals surface area contributed by atoms with Crippen molar-refractivity contribution in [2.75, 3.05) is 4.90 Å². The third kappa shape index (κ3) is 3.22. The van der Waals surface area contributed by atoms with Crippen molar-refractivity contribution in [2.24, 2.45) is 0 Å². The summed E-state index contributed by atoms with van der Waals surface area (Å²) in [7, 11) is 0. The molecule has 120 valence electrons. The van der Waals surface area contributed by atoms with E-state index in [2.05, 4.69) is 4.98 Å². The van der Waals surface area contributed by atoms with E-state index in [1.807, 2.05) is 6.07 Å². The van der Waals surface area contributed by atoms with Gasteiger partial charge in [0.2, 0.25) is 5.91 Å². The quantitative estimate of drug-likeness (QED) is 0.375. The first-order valence-electron chi connectivity index (χ1n) is 7.31. The molecule has 0 unspecified atom stereocenters. The van der Waals surface area contributed by atoms with Crippen LogP contribution in [0.4, 0.5) is 5.69 Å². The first-order chi connectivity index (χ1) is 11.5. The minimum atomic E-state index is -0.433. The van der Waals surface area contributed by atoms with Crippen molar-refractivity contribution in [3.05, 3.63) is 59.9 Å². The van der Waals surface area contributed by atoms with E-state index in [4.69, 9.17) is 4.74 Å². The lowest BCUT2D eigenvalue weighted by Crippen LogP contribution is -2.28. The van der Waals surface area contributed by atoms with Gasteiger partial charge in [-0.25, -0.2) is 4.90 Å². The summed E-state index contributed by atoms with van der Waals surface area (Å²) in [5.41, 5.74) is 1.62. The van der Waals surface area contributed by atoms with Crippen molar-refractivity contribution in [3.8, 4) is 5.75 Å². The predicted octanol–water partition coefficient (Wildman–Crippen LogP) is 2.35. The molecule has 6 nitrogen and oxygen atoms in total. The molecule has 0 bridgehead atoms. The molecule has 1 aliphatic heterocycles. The van der Waals surface area contributed by atoms with Gasteiger partial charge in [-0.05, 0) is 42.0 Å². The molecule has 24 heavy (non-hydrogen) atoms. The number of anilines is 1. The number of carbonyl (C=O) groups excluding carboxylic acids is 3. The van der Waals surface area contributed by atoms with Gasteiger partial charge in [0.05, 0.1) is 12.1 Å². The number of amides is 2. The Morgan fingerprint density at radius 1 is 1.21 bits per heavy atom. The Balaban J connectivity index is 1.84. The van der Waals surface area contributed by atoms with Crippen molar-refractivity contribution >= 4 is 29.5 Å². The Kier molecular flexibility index (Phi) is 4.20. The summed E-state index contributed by atoms with van der Waals surface area (Å²) < 4.78 is 4.94. The van der Waals surface area contributed by atoms with Crippen LogP contribution in [-0.4, -0.2) is 22.8 Å². The Labute approximate surface area is 138 Å². The highest BCUT2D eigenvalue weighted by molar-refractivity contribution is 6.29. The van der Waals surface area contributed by atoms with Gasteiger partial charge in [-0.3, -0.25) is 19.4 Å². The number of hydrogen-bond donors (Lipinski definition) is 0. The zero-order valence-corrected chi connectivity index (χ0v) is 12.9. The largest absolute Gasteiger partial charge is 0.427 e.